The van der Waals surface area contributed by atoms with Crippen molar-refractivity contribution in [2.45, 2.75) is 40.2 Å². The number of benzene rings is 2. The molecular weight excluding hydrogens is 374 g/mol. The quantitative estimate of drug-likeness (QED) is 0.799. The number of aryl methyl sites for hydroxylation is 1. The van der Waals surface area contributed by atoms with Crippen LogP contribution in [0.5, 0.6) is 0 Å². The van der Waals surface area contributed by atoms with E-state index < -0.39 is 6.04 Å². The lowest BCUT2D eigenvalue weighted by atomic mass is 10.0. The number of hydrogen-bond acceptors (Lipinski definition) is 3. The molecule has 3 rings (SSSR count). The highest BCUT2D eigenvalue weighted by Crippen LogP contribution is 2.24. The fraction of sp³-hybridized carbons (Fsp3) is 0.440. The smallest absolute Gasteiger partial charge is 0.245 e. The summed E-state index contributed by atoms with van der Waals surface area (Å²) in [5, 5.41) is 2.98. The van der Waals surface area contributed by atoms with E-state index >= 15 is 0 Å². The van der Waals surface area contributed by atoms with Crippen LogP contribution in [0.15, 0.2) is 48.5 Å². The van der Waals surface area contributed by atoms with Crippen molar-refractivity contribution >= 4 is 17.5 Å². The molecule has 2 amide bonds. The third kappa shape index (κ3) is 5.21. The Morgan fingerprint density at radius 2 is 1.60 bits per heavy atom. The summed E-state index contributed by atoms with van der Waals surface area (Å²) in [5.74, 6) is -0.0523. The lowest BCUT2D eigenvalue weighted by Crippen LogP contribution is -2.56. The third-order valence-corrected chi connectivity index (χ3v) is 5.96. The van der Waals surface area contributed by atoms with Crippen LogP contribution in [0.4, 0.5) is 5.69 Å². The zero-order valence-electron chi connectivity index (χ0n) is 18.5. The van der Waals surface area contributed by atoms with Gasteiger partial charge in [0.25, 0.3) is 0 Å². The number of nitrogens with one attached hydrogen (secondary N) is 1. The Bertz CT molecular complexity index is 871. The summed E-state index contributed by atoms with van der Waals surface area (Å²) in [7, 11) is 0. The molecule has 0 aromatic heterocycles. The average Bonchev–Trinajstić information content (AvgIpc) is 2.74. The minimum atomic E-state index is -0.492. The normalized spacial score (nSPS) is 15.2. The number of anilines is 1. The van der Waals surface area contributed by atoms with Crippen molar-refractivity contribution < 1.29 is 9.59 Å². The van der Waals surface area contributed by atoms with Crippen LogP contribution in [-0.4, -0.2) is 48.9 Å². The van der Waals surface area contributed by atoms with Gasteiger partial charge >= 0.3 is 0 Å². The third-order valence-electron chi connectivity index (χ3n) is 5.96. The molecule has 1 saturated heterocycles. The Kier molecular flexibility index (Phi) is 7.14. The van der Waals surface area contributed by atoms with Gasteiger partial charge in [0, 0.05) is 31.9 Å². The molecule has 2 aromatic rings. The van der Waals surface area contributed by atoms with Crippen molar-refractivity contribution in [3.05, 3.63) is 65.2 Å². The van der Waals surface area contributed by atoms with Gasteiger partial charge in [0.15, 0.2) is 0 Å². The molecule has 0 saturated carbocycles. The Morgan fingerprint density at radius 1 is 0.933 bits per heavy atom. The van der Waals surface area contributed by atoms with Crippen LogP contribution in [0.3, 0.4) is 0 Å². The predicted octanol–water partition coefficient (Wildman–Crippen LogP) is 3.34. The Hall–Kier alpha value is -2.82. The average molecular weight is 408 g/mol. The van der Waals surface area contributed by atoms with Crippen molar-refractivity contribution in [3.8, 4) is 0 Å². The van der Waals surface area contributed by atoms with Crippen LogP contribution in [0.25, 0.3) is 0 Å². The molecule has 30 heavy (non-hydrogen) atoms. The fourth-order valence-electron chi connectivity index (χ4n) is 3.96. The van der Waals surface area contributed by atoms with Gasteiger partial charge in [-0.25, -0.2) is 0 Å². The zero-order chi connectivity index (χ0) is 21.7. The molecule has 1 atom stereocenters. The number of rotatable bonds is 6. The maximum absolute atomic E-state index is 13.2. The Morgan fingerprint density at radius 3 is 2.23 bits per heavy atom. The van der Waals surface area contributed by atoms with E-state index in [0.717, 1.165) is 18.7 Å². The summed E-state index contributed by atoms with van der Waals surface area (Å²) in [5.41, 5.74) is 4.78. The molecule has 1 aliphatic rings. The first kappa shape index (κ1) is 21.9. The minimum absolute atomic E-state index is 0.0204. The van der Waals surface area contributed by atoms with Gasteiger partial charge in [-0.2, -0.15) is 0 Å². The van der Waals surface area contributed by atoms with E-state index in [4.69, 9.17) is 0 Å². The highest BCUT2D eigenvalue weighted by Gasteiger charge is 2.31. The molecule has 5 nitrogen and oxygen atoms in total. The van der Waals surface area contributed by atoms with Crippen LogP contribution in [-0.2, 0) is 16.0 Å². The zero-order valence-corrected chi connectivity index (χ0v) is 18.5. The minimum Gasteiger partial charge on any atom is -0.368 e. The summed E-state index contributed by atoms with van der Waals surface area (Å²) in [4.78, 5) is 30.0. The molecule has 0 radical (unpaired) electrons. The van der Waals surface area contributed by atoms with Crippen LogP contribution in [0.1, 0.15) is 30.5 Å². The molecule has 1 heterocycles. The molecular formula is C25H33N3O2. The van der Waals surface area contributed by atoms with E-state index in [1.54, 1.807) is 0 Å². The second-order valence-electron chi connectivity index (χ2n) is 8.48. The molecule has 2 aromatic carbocycles. The van der Waals surface area contributed by atoms with Crippen molar-refractivity contribution in [3.63, 3.8) is 0 Å². The molecule has 160 valence electrons. The summed E-state index contributed by atoms with van der Waals surface area (Å²) in [6.07, 6.45) is 0.289. The van der Waals surface area contributed by atoms with E-state index in [1.807, 2.05) is 49.1 Å². The number of hydrogen-bond donors (Lipinski definition) is 1. The largest absolute Gasteiger partial charge is 0.368 e. The first-order valence-electron chi connectivity index (χ1n) is 10.8. The van der Waals surface area contributed by atoms with Crippen LogP contribution in [0, 0.1) is 19.8 Å². The lowest BCUT2D eigenvalue weighted by molar-refractivity contribution is -0.137. The molecule has 1 N–H and O–H groups in total. The van der Waals surface area contributed by atoms with Crippen molar-refractivity contribution in [1.29, 1.82) is 0 Å². The molecule has 1 unspecified atom stereocenters. The lowest BCUT2D eigenvalue weighted by Gasteiger charge is -2.39. The number of piperazine rings is 1. The van der Waals surface area contributed by atoms with Crippen LogP contribution in [0.2, 0.25) is 0 Å². The van der Waals surface area contributed by atoms with Gasteiger partial charge in [-0.05, 0) is 42.5 Å². The Balaban J connectivity index is 1.60. The van der Waals surface area contributed by atoms with E-state index in [1.165, 1.54) is 16.8 Å². The Labute approximate surface area is 180 Å². The number of nitrogens with zero attached hydrogens (tertiary/aromatic N) is 2. The van der Waals surface area contributed by atoms with Gasteiger partial charge in [0.1, 0.15) is 6.04 Å². The second-order valence-corrected chi connectivity index (χ2v) is 8.48. The summed E-state index contributed by atoms with van der Waals surface area (Å²) in [6.45, 7) is 11.2. The molecule has 0 spiro atoms. The van der Waals surface area contributed by atoms with Gasteiger partial charge in [0.05, 0.1) is 6.42 Å². The summed E-state index contributed by atoms with van der Waals surface area (Å²) >= 11 is 0. The maximum Gasteiger partial charge on any atom is 0.245 e. The summed E-state index contributed by atoms with van der Waals surface area (Å²) < 4.78 is 0. The van der Waals surface area contributed by atoms with Crippen molar-refractivity contribution in [1.82, 2.24) is 10.2 Å². The first-order chi connectivity index (χ1) is 14.4. The highest BCUT2D eigenvalue weighted by atomic mass is 16.2. The number of carbonyl (C=O) groups is 2. The van der Waals surface area contributed by atoms with E-state index in [2.05, 4.69) is 42.3 Å². The molecule has 1 aliphatic heterocycles. The van der Waals surface area contributed by atoms with Gasteiger partial charge < -0.3 is 15.1 Å². The fourth-order valence-corrected chi connectivity index (χ4v) is 3.96. The number of carbonyl (C=O) groups excluding carboxylic acids is 2. The second kappa shape index (κ2) is 9.79. The highest BCUT2D eigenvalue weighted by molar-refractivity contribution is 5.88. The topological polar surface area (TPSA) is 52.6 Å². The van der Waals surface area contributed by atoms with Gasteiger partial charge in [0.2, 0.25) is 11.8 Å². The predicted molar refractivity (Wildman–Crippen MR) is 122 cm³/mol. The van der Waals surface area contributed by atoms with E-state index in [9.17, 15) is 9.59 Å². The molecule has 1 fully saturated rings. The van der Waals surface area contributed by atoms with Crippen molar-refractivity contribution in [2.75, 3.05) is 31.1 Å². The van der Waals surface area contributed by atoms with E-state index in [0.29, 0.717) is 13.1 Å². The summed E-state index contributed by atoms with van der Waals surface area (Å²) in [6, 6.07) is 15.5. The van der Waals surface area contributed by atoms with Gasteiger partial charge in [-0.15, -0.1) is 0 Å². The van der Waals surface area contributed by atoms with Gasteiger partial charge in [-0.1, -0.05) is 56.3 Å². The monoisotopic (exact) mass is 407 g/mol. The molecule has 0 aliphatic carbocycles. The van der Waals surface area contributed by atoms with Gasteiger partial charge in [-0.3, -0.25) is 9.59 Å². The maximum atomic E-state index is 13.2. The molecule has 5 heteroatoms. The van der Waals surface area contributed by atoms with Crippen molar-refractivity contribution in [2.24, 2.45) is 5.92 Å². The van der Waals surface area contributed by atoms with Crippen LogP contribution >= 0.6 is 0 Å². The van der Waals surface area contributed by atoms with E-state index in [-0.39, 0.29) is 24.2 Å². The number of amides is 2. The molecule has 0 bridgehead atoms. The van der Waals surface area contributed by atoms with Crippen LogP contribution < -0.4 is 10.2 Å². The standard InChI is InChI=1S/C25H33N3O2/c1-18(2)24(26-23(29)17-21-10-6-5-7-11-21)25(30)28-15-13-27(14-16-28)22-12-8-9-19(3)20(22)4/h5-12,18,24H,13-17H2,1-4H3,(H,26,29). The first-order valence-corrected chi connectivity index (χ1v) is 10.8. The SMILES string of the molecule is Cc1cccc(N2CCN(C(=O)C(NC(=O)Cc3ccccc3)C(C)C)CC2)c1C.